The molecule has 1 amide bonds. The molecule has 2 aromatic carbocycles. The zero-order chi connectivity index (χ0) is 17.9. The van der Waals surface area contributed by atoms with Crippen LogP contribution in [0.5, 0.6) is 0 Å². The Balaban J connectivity index is 1.78. The van der Waals surface area contributed by atoms with Gasteiger partial charge in [0.15, 0.2) is 0 Å². The third-order valence-electron chi connectivity index (χ3n) is 4.99. The highest BCUT2D eigenvalue weighted by Crippen LogP contribution is 2.37. The highest BCUT2D eigenvalue weighted by atomic mass is 79.9. The molecule has 3 nitrogen and oxygen atoms in total. The second kappa shape index (κ2) is 7.61. The molecule has 0 aliphatic heterocycles. The normalized spacial score (nSPS) is 14.7. The van der Waals surface area contributed by atoms with Gasteiger partial charge in [-0.15, -0.1) is 0 Å². The number of nitrogens with zero attached hydrogens (tertiary/aromatic N) is 1. The van der Waals surface area contributed by atoms with E-state index in [1.54, 1.807) is 0 Å². The summed E-state index contributed by atoms with van der Waals surface area (Å²) in [6, 6.07) is 18.3. The molecule has 1 saturated carbocycles. The topological polar surface area (TPSA) is 29.5 Å². The van der Waals surface area contributed by atoms with Crippen LogP contribution in [0.25, 0.3) is 0 Å². The zero-order valence-electron chi connectivity index (χ0n) is 14.7. The summed E-state index contributed by atoms with van der Waals surface area (Å²) in [4.78, 5) is 14.9. The van der Waals surface area contributed by atoms with E-state index in [2.05, 4.69) is 41.9 Å². The molecule has 0 radical (unpaired) electrons. The van der Waals surface area contributed by atoms with Gasteiger partial charge in [0.05, 0.1) is 5.54 Å². The smallest absolute Gasteiger partial charge is 0.411 e. The first kappa shape index (κ1) is 18.0. The van der Waals surface area contributed by atoms with Gasteiger partial charge in [0.2, 0.25) is 0 Å². The Hall–Kier alpha value is -1.81. The number of hydrogen-bond donors (Lipinski definition) is 0. The maximum Gasteiger partial charge on any atom is 0.411 e. The lowest BCUT2D eigenvalue weighted by molar-refractivity contribution is 0.0101. The van der Waals surface area contributed by atoms with E-state index in [9.17, 15) is 4.79 Å². The summed E-state index contributed by atoms with van der Waals surface area (Å²) in [5.74, 6) is 0. The highest BCUT2D eigenvalue weighted by Gasteiger charge is 2.41. The summed E-state index contributed by atoms with van der Waals surface area (Å²) in [5.41, 5.74) is 1.70. The minimum Gasteiger partial charge on any atom is -0.445 e. The van der Waals surface area contributed by atoms with E-state index in [0.29, 0.717) is 6.61 Å². The van der Waals surface area contributed by atoms with Crippen LogP contribution >= 0.6 is 15.9 Å². The summed E-state index contributed by atoms with van der Waals surface area (Å²) < 4.78 is 6.69. The summed E-state index contributed by atoms with van der Waals surface area (Å²) >= 11 is 3.48. The molecule has 0 aromatic heterocycles. The average molecular weight is 402 g/mol. The number of carbonyl (C=O) groups excluding carboxylic acids is 1. The molecule has 0 spiro atoms. The van der Waals surface area contributed by atoms with E-state index in [1.807, 2.05) is 47.4 Å². The van der Waals surface area contributed by atoms with E-state index in [4.69, 9.17) is 4.74 Å². The summed E-state index contributed by atoms with van der Waals surface area (Å²) in [6.07, 6.45) is 3.02. The quantitative estimate of drug-likeness (QED) is 0.626. The Bertz CT molecular complexity index is 708. The van der Waals surface area contributed by atoms with Gasteiger partial charge in [-0.2, -0.15) is 0 Å². The second-order valence-electron chi connectivity index (χ2n) is 7.06. The SMILES string of the molecule is CC(C)(c1ccc(Br)cc1)N(C(=O)OCc1ccccc1)C1CCC1. The standard InChI is InChI=1S/C21H24BrNO2/c1-21(2,17-11-13-18(22)14-12-17)23(19-9-6-10-19)20(24)25-15-16-7-4-3-5-8-16/h3-5,7-8,11-14,19H,6,9-10,15H2,1-2H3. The fourth-order valence-electron chi connectivity index (χ4n) is 3.26. The Kier molecular flexibility index (Phi) is 5.48. The van der Waals surface area contributed by atoms with E-state index < -0.39 is 5.54 Å². The van der Waals surface area contributed by atoms with Gasteiger partial charge in [-0.1, -0.05) is 58.4 Å². The summed E-state index contributed by atoms with van der Waals surface area (Å²) in [7, 11) is 0. The van der Waals surface area contributed by atoms with Gasteiger partial charge in [0.1, 0.15) is 6.61 Å². The van der Waals surface area contributed by atoms with Crippen molar-refractivity contribution in [2.75, 3.05) is 0 Å². The van der Waals surface area contributed by atoms with Gasteiger partial charge in [-0.25, -0.2) is 4.79 Å². The first-order valence-electron chi connectivity index (χ1n) is 8.74. The van der Waals surface area contributed by atoms with Crippen LogP contribution in [-0.2, 0) is 16.9 Å². The average Bonchev–Trinajstić information content (AvgIpc) is 2.57. The van der Waals surface area contributed by atoms with E-state index in [0.717, 1.165) is 28.4 Å². The van der Waals surface area contributed by atoms with Crippen LogP contribution in [0.15, 0.2) is 59.1 Å². The Morgan fingerprint density at radius 2 is 1.76 bits per heavy atom. The molecule has 1 aliphatic rings. The van der Waals surface area contributed by atoms with Gasteiger partial charge in [-0.05, 0) is 56.4 Å². The van der Waals surface area contributed by atoms with E-state index >= 15 is 0 Å². The molecule has 132 valence electrons. The molecular weight excluding hydrogens is 378 g/mol. The number of hydrogen-bond acceptors (Lipinski definition) is 2. The van der Waals surface area contributed by atoms with E-state index in [-0.39, 0.29) is 12.1 Å². The molecule has 2 aromatic rings. The van der Waals surface area contributed by atoms with Crippen molar-refractivity contribution in [1.29, 1.82) is 0 Å². The molecular formula is C21H24BrNO2. The number of carbonyl (C=O) groups is 1. The zero-order valence-corrected chi connectivity index (χ0v) is 16.3. The van der Waals surface area contributed by atoms with Crippen LogP contribution in [0, 0.1) is 0 Å². The van der Waals surface area contributed by atoms with Gasteiger partial charge in [0.25, 0.3) is 0 Å². The minimum absolute atomic E-state index is 0.235. The maximum atomic E-state index is 12.9. The first-order valence-corrected chi connectivity index (χ1v) is 9.54. The maximum absolute atomic E-state index is 12.9. The largest absolute Gasteiger partial charge is 0.445 e. The number of amides is 1. The van der Waals surface area contributed by atoms with Crippen molar-refractivity contribution in [1.82, 2.24) is 4.90 Å². The number of rotatable bonds is 5. The Labute approximate surface area is 158 Å². The molecule has 3 rings (SSSR count). The van der Waals surface area contributed by atoms with Gasteiger partial charge in [-0.3, -0.25) is 4.90 Å². The van der Waals surface area contributed by atoms with Crippen molar-refractivity contribution in [3.63, 3.8) is 0 Å². The van der Waals surface area contributed by atoms with Crippen LogP contribution in [0.1, 0.15) is 44.2 Å². The summed E-state index contributed by atoms with van der Waals surface area (Å²) in [6.45, 7) is 4.50. The molecule has 0 bridgehead atoms. The van der Waals surface area contributed by atoms with E-state index in [1.165, 1.54) is 6.42 Å². The van der Waals surface area contributed by atoms with Crippen LogP contribution < -0.4 is 0 Å². The molecule has 0 heterocycles. The van der Waals surface area contributed by atoms with Gasteiger partial charge >= 0.3 is 6.09 Å². The van der Waals surface area contributed by atoms with Crippen LogP contribution in [0.2, 0.25) is 0 Å². The molecule has 0 atom stereocenters. The van der Waals surface area contributed by atoms with Crippen molar-refractivity contribution >= 4 is 22.0 Å². The third-order valence-corrected chi connectivity index (χ3v) is 5.52. The Morgan fingerprint density at radius 3 is 2.32 bits per heavy atom. The van der Waals surface area contributed by atoms with Crippen LogP contribution in [-0.4, -0.2) is 17.0 Å². The van der Waals surface area contributed by atoms with Crippen LogP contribution in [0.3, 0.4) is 0 Å². The first-order chi connectivity index (χ1) is 12.0. The third kappa shape index (κ3) is 4.06. The van der Waals surface area contributed by atoms with Crippen molar-refractivity contribution in [3.05, 3.63) is 70.2 Å². The predicted molar refractivity (Wildman–Crippen MR) is 103 cm³/mol. The summed E-state index contributed by atoms with van der Waals surface area (Å²) in [5, 5.41) is 0. The number of halogens is 1. The molecule has 0 N–H and O–H groups in total. The Morgan fingerprint density at radius 1 is 1.12 bits per heavy atom. The fourth-order valence-corrected chi connectivity index (χ4v) is 3.53. The molecule has 4 heteroatoms. The van der Waals surface area contributed by atoms with Crippen molar-refractivity contribution < 1.29 is 9.53 Å². The molecule has 0 saturated heterocycles. The molecule has 0 unspecified atom stereocenters. The number of benzene rings is 2. The highest BCUT2D eigenvalue weighted by molar-refractivity contribution is 9.10. The molecule has 1 aliphatic carbocycles. The number of ether oxygens (including phenoxy) is 1. The monoisotopic (exact) mass is 401 g/mol. The fraction of sp³-hybridized carbons (Fsp3) is 0.381. The van der Waals surface area contributed by atoms with Crippen molar-refractivity contribution in [2.45, 2.75) is 51.3 Å². The lowest BCUT2D eigenvalue weighted by Gasteiger charge is -2.46. The van der Waals surface area contributed by atoms with Crippen molar-refractivity contribution in [2.24, 2.45) is 0 Å². The van der Waals surface area contributed by atoms with Gasteiger partial charge < -0.3 is 4.74 Å². The minimum atomic E-state index is -0.417. The predicted octanol–water partition coefficient (Wildman–Crippen LogP) is 5.88. The van der Waals surface area contributed by atoms with Crippen molar-refractivity contribution in [3.8, 4) is 0 Å². The lowest BCUT2D eigenvalue weighted by atomic mass is 9.84. The van der Waals surface area contributed by atoms with Gasteiger partial charge in [0, 0.05) is 10.5 Å². The lowest BCUT2D eigenvalue weighted by Crippen LogP contribution is -2.54. The molecule has 25 heavy (non-hydrogen) atoms. The second-order valence-corrected chi connectivity index (χ2v) is 7.98. The van der Waals surface area contributed by atoms with Crippen LogP contribution in [0.4, 0.5) is 4.79 Å². The molecule has 1 fully saturated rings.